The van der Waals surface area contributed by atoms with E-state index < -0.39 is 0 Å². The van der Waals surface area contributed by atoms with E-state index in [1.165, 1.54) is 0 Å². The molecule has 0 saturated carbocycles. The highest BCUT2D eigenvalue weighted by Crippen LogP contribution is 2.11. The number of aryl methyl sites for hydroxylation is 1. The largest absolute Gasteiger partial charge is 0.392 e. The summed E-state index contributed by atoms with van der Waals surface area (Å²) in [6, 6.07) is 0. The van der Waals surface area contributed by atoms with Crippen LogP contribution in [0.15, 0.2) is 12.4 Å². The Labute approximate surface area is 95.9 Å². The van der Waals surface area contributed by atoms with Gasteiger partial charge in [0.15, 0.2) is 0 Å². The Kier molecular flexibility index (Phi) is 5.19. The van der Waals surface area contributed by atoms with Gasteiger partial charge >= 0.3 is 0 Å². The van der Waals surface area contributed by atoms with E-state index in [9.17, 15) is 5.11 Å². The summed E-state index contributed by atoms with van der Waals surface area (Å²) in [6.45, 7) is 4.39. The number of aromatic nitrogens is 2. The highest BCUT2D eigenvalue weighted by atomic mass is 32.2. The summed E-state index contributed by atoms with van der Waals surface area (Å²) < 4.78 is 1.95. The number of hydrogen-bond donors (Lipinski definition) is 1. The Morgan fingerprint density at radius 1 is 1.47 bits per heavy atom. The first kappa shape index (κ1) is 12.6. The van der Waals surface area contributed by atoms with Crippen LogP contribution in [-0.4, -0.2) is 32.3 Å². The second-order valence-corrected chi connectivity index (χ2v) is 5.32. The van der Waals surface area contributed by atoms with Gasteiger partial charge in [0.05, 0.1) is 6.10 Å². The summed E-state index contributed by atoms with van der Waals surface area (Å²) in [5.41, 5.74) is 0. The third-order valence-corrected chi connectivity index (χ3v) is 3.62. The van der Waals surface area contributed by atoms with Crippen LogP contribution in [0.2, 0.25) is 0 Å². The third kappa shape index (κ3) is 4.71. The zero-order valence-electron chi connectivity index (χ0n) is 9.68. The fourth-order valence-corrected chi connectivity index (χ4v) is 2.30. The van der Waals surface area contributed by atoms with E-state index in [2.05, 4.69) is 18.8 Å². The van der Waals surface area contributed by atoms with Crippen LogP contribution in [-0.2, 0) is 13.5 Å². The molecule has 0 spiro atoms. The molecule has 0 aliphatic rings. The van der Waals surface area contributed by atoms with Crippen LogP contribution < -0.4 is 0 Å². The van der Waals surface area contributed by atoms with Gasteiger partial charge in [-0.2, -0.15) is 11.8 Å². The van der Waals surface area contributed by atoms with Crippen LogP contribution in [0, 0.1) is 5.92 Å². The fraction of sp³-hybridized carbons (Fsp3) is 0.727. The number of aliphatic hydroxyl groups excluding tert-OH is 1. The Bertz CT molecular complexity index is 286. The van der Waals surface area contributed by atoms with Gasteiger partial charge < -0.3 is 9.67 Å². The topological polar surface area (TPSA) is 38.1 Å². The molecule has 0 aromatic carbocycles. The Morgan fingerprint density at radius 2 is 2.20 bits per heavy atom. The Hall–Kier alpha value is -0.480. The minimum Gasteiger partial charge on any atom is -0.392 e. The smallest absolute Gasteiger partial charge is 0.110 e. The number of rotatable bonds is 6. The van der Waals surface area contributed by atoms with E-state index in [4.69, 9.17) is 0 Å². The summed E-state index contributed by atoms with van der Waals surface area (Å²) >= 11 is 1.81. The van der Waals surface area contributed by atoms with Crippen LogP contribution in [0.25, 0.3) is 0 Å². The van der Waals surface area contributed by atoms with Crippen molar-refractivity contribution >= 4 is 11.8 Å². The lowest BCUT2D eigenvalue weighted by Gasteiger charge is -2.11. The molecule has 1 aromatic heterocycles. The standard InChI is InChI=1S/C11H20N2OS/c1-9(2)7-15-8-10(14)6-11-12-4-5-13(11)3/h4-5,9-10,14H,6-8H2,1-3H3. The molecule has 1 unspecified atom stereocenters. The molecule has 1 heterocycles. The Morgan fingerprint density at radius 3 is 2.73 bits per heavy atom. The van der Waals surface area contributed by atoms with Crippen LogP contribution in [0.5, 0.6) is 0 Å². The molecule has 1 N–H and O–H groups in total. The second kappa shape index (κ2) is 6.18. The predicted octanol–water partition coefficient (Wildman–Crippen LogP) is 1.71. The zero-order chi connectivity index (χ0) is 11.3. The summed E-state index contributed by atoms with van der Waals surface area (Å²) in [5.74, 6) is 3.55. The van der Waals surface area contributed by atoms with Gasteiger partial charge in [-0.3, -0.25) is 0 Å². The lowest BCUT2D eigenvalue weighted by molar-refractivity contribution is 0.196. The molecule has 0 saturated heterocycles. The highest BCUT2D eigenvalue weighted by molar-refractivity contribution is 7.99. The molecule has 86 valence electrons. The van der Waals surface area contributed by atoms with Gasteiger partial charge in [-0.05, 0) is 11.7 Å². The first-order valence-corrected chi connectivity index (χ1v) is 6.47. The zero-order valence-corrected chi connectivity index (χ0v) is 10.5. The maximum absolute atomic E-state index is 9.78. The number of aliphatic hydroxyl groups is 1. The number of nitrogens with zero attached hydrogens (tertiary/aromatic N) is 2. The molecule has 1 rings (SSSR count). The first-order valence-electron chi connectivity index (χ1n) is 5.31. The maximum Gasteiger partial charge on any atom is 0.110 e. The van der Waals surface area contributed by atoms with Gasteiger partial charge in [0, 0.05) is 31.6 Å². The molecular weight excluding hydrogens is 208 g/mol. The van der Waals surface area contributed by atoms with Crippen molar-refractivity contribution in [3.63, 3.8) is 0 Å². The first-order chi connectivity index (χ1) is 7.09. The molecule has 1 aromatic rings. The quantitative estimate of drug-likeness (QED) is 0.805. The molecule has 0 bridgehead atoms. The molecule has 0 amide bonds. The molecule has 4 heteroatoms. The van der Waals surface area contributed by atoms with E-state index in [0.717, 1.165) is 17.3 Å². The van der Waals surface area contributed by atoms with Gasteiger partial charge in [-0.15, -0.1) is 0 Å². The van der Waals surface area contributed by atoms with Crippen LogP contribution in [0.3, 0.4) is 0 Å². The number of hydrogen-bond acceptors (Lipinski definition) is 3. The highest BCUT2D eigenvalue weighted by Gasteiger charge is 2.09. The molecular formula is C11H20N2OS. The van der Waals surface area contributed by atoms with Gasteiger partial charge in [-0.25, -0.2) is 4.98 Å². The fourth-order valence-electron chi connectivity index (χ4n) is 1.30. The molecule has 1 atom stereocenters. The summed E-state index contributed by atoms with van der Waals surface area (Å²) in [4.78, 5) is 4.19. The van der Waals surface area contributed by atoms with Gasteiger partial charge in [0.1, 0.15) is 5.82 Å². The second-order valence-electron chi connectivity index (χ2n) is 4.24. The monoisotopic (exact) mass is 228 g/mol. The molecule has 15 heavy (non-hydrogen) atoms. The number of imidazole rings is 1. The number of thioether (sulfide) groups is 1. The lowest BCUT2D eigenvalue weighted by atomic mass is 10.3. The van der Waals surface area contributed by atoms with Gasteiger partial charge in [0.2, 0.25) is 0 Å². The molecule has 0 radical (unpaired) electrons. The van der Waals surface area contributed by atoms with Crippen LogP contribution >= 0.6 is 11.8 Å². The van der Waals surface area contributed by atoms with E-state index in [1.807, 2.05) is 29.6 Å². The molecule has 0 aliphatic heterocycles. The summed E-state index contributed by atoms with van der Waals surface area (Å²) in [6.07, 6.45) is 4.04. The van der Waals surface area contributed by atoms with Crippen LogP contribution in [0.4, 0.5) is 0 Å². The average molecular weight is 228 g/mol. The molecule has 3 nitrogen and oxygen atoms in total. The van der Waals surface area contributed by atoms with Crippen LogP contribution in [0.1, 0.15) is 19.7 Å². The van der Waals surface area contributed by atoms with Crippen molar-refractivity contribution < 1.29 is 5.11 Å². The van der Waals surface area contributed by atoms with Crippen molar-refractivity contribution in [3.05, 3.63) is 18.2 Å². The lowest BCUT2D eigenvalue weighted by Crippen LogP contribution is -2.17. The minimum atomic E-state index is -0.283. The van der Waals surface area contributed by atoms with E-state index in [1.54, 1.807) is 6.20 Å². The van der Waals surface area contributed by atoms with Gasteiger partial charge in [-0.1, -0.05) is 13.8 Å². The van der Waals surface area contributed by atoms with Crippen molar-refractivity contribution in [2.45, 2.75) is 26.4 Å². The van der Waals surface area contributed by atoms with Crippen molar-refractivity contribution in [2.24, 2.45) is 13.0 Å². The average Bonchev–Trinajstić information content (AvgIpc) is 2.51. The van der Waals surface area contributed by atoms with E-state index in [0.29, 0.717) is 12.3 Å². The third-order valence-electron chi connectivity index (χ3n) is 2.10. The van der Waals surface area contributed by atoms with Crippen molar-refractivity contribution in [3.8, 4) is 0 Å². The van der Waals surface area contributed by atoms with Crippen molar-refractivity contribution in [1.29, 1.82) is 0 Å². The van der Waals surface area contributed by atoms with E-state index in [-0.39, 0.29) is 6.10 Å². The predicted molar refractivity (Wildman–Crippen MR) is 65.1 cm³/mol. The molecule has 0 aliphatic carbocycles. The summed E-state index contributed by atoms with van der Waals surface area (Å²) in [5, 5.41) is 9.78. The summed E-state index contributed by atoms with van der Waals surface area (Å²) in [7, 11) is 1.95. The SMILES string of the molecule is CC(C)CSCC(O)Cc1nccn1C. The normalized spacial score (nSPS) is 13.4. The van der Waals surface area contributed by atoms with E-state index >= 15 is 0 Å². The Balaban J connectivity index is 2.24. The van der Waals surface area contributed by atoms with Crippen molar-refractivity contribution in [2.75, 3.05) is 11.5 Å². The maximum atomic E-state index is 9.78. The molecule has 0 fully saturated rings. The van der Waals surface area contributed by atoms with Crippen molar-refractivity contribution in [1.82, 2.24) is 9.55 Å². The minimum absolute atomic E-state index is 0.283. The van der Waals surface area contributed by atoms with Gasteiger partial charge in [0.25, 0.3) is 0 Å².